The molecule has 0 bridgehead atoms. The van der Waals surface area contributed by atoms with Crippen molar-refractivity contribution in [1.29, 1.82) is 0 Å². The van der Waals surface area contributed by atoms with Gasteiger partial charge in [-0.05, 0) is 67.0 Å². The lowest BCUT2D eigenvalue weighted by Crippen LogP contribution is -2.26. The minimum Gasteiger partial charge on any atom is -0.494 e. The smallest absolute Gasteiger partial charge is 0.338 e. The van der Waals surface area contributed by atoms with Gasteiger partial charge in [0.2, 0.25) is 5.78 Å². The SMILES string of the molecule is C#CC(=O)C(CCC)OC(=O)c1ccc(CCc2ccc(OCCCCCCC)cc2)cc1. The van der Waals surface area contributed by atoms with Gasteiger partial charge in [-0.1, -0.05) is 70.2 Å². The maximum Gasteiger partial charge on any atom is 0.338 e. The Morgan fingerprint density at radius 3 is 2.03 bits per heavy atom. The van der Waals surface area contributed by atoms with Crippen LogP contribution in [0.2, 0.25) is 0 Å². The second-order valence-electron chi connectivity index (χ2n) is 8.29. The van der Waals surface area contributed by atoms with Crippen molar-refractivity contribution in [2.45, 2.75) is 77.7 Å². The standard InChI is InChI=1S/C29H36O4/c1-4-7-8-9-10-22-32-26-20-16-24(17-21-26)13-12-23-14-18-25(19-15-23)29(31)33-28(11-5-2)27(30)6-3/h3,14-21,28H,4-5,7-13,22H2,1-2H3. The summed E-state index contributed by atoms with van der Waals surface area (Å²) in [6.07, 6.45) is 13.4. The van der Waals surface area contributed by atoms with E-state index in [9.17, 15) is 9.59 Å². The van der Waals surface area contributed by atoms with Crippen LogP contribution in [0.3, 0.4) is 0 Å². The second-order valence-corrected chi connectivity index (χ2v) is 8.29. The molecule has 176 valence electrons. The first kappa shape index (κ1) is 26.2. The van der Waals surface area contributed by atoms with Gasteiger partial charge in [-0.15, -0.1) is 6.42 Å². The Morgan fingerprint density at radius 1 is 0.848 bits per heavy atom. The predicted octanol–water partition coefficient (Wildman–Crippen LogP) is 6.35. The number of hydrogen-bond acceptors (Lipinski definition) is 4. The van der Waals surface area contributed by atoms with Crippen LogP contribution in [0, 0.1) is 12.3 Å². The van der Waals surface area contributed by atoms with Crippen LogP contribution in [0.5, 0.6) is 5.75 Å². The fourth-order valence-corrected chi connectivity index (χ4v) is 3.54. The Hall–Kier alpha value is -3.06. The summed E-state index contributed by atoms with van der Waals surface area (Å²) in [4.78, 5) is 24.1. The number of ether oxygens (including phenoxy) is 2. The fourth-order valence-electron chi connectivity index (χ4n) is 3.54. The summed E-state index contributed by atoms with van der Waals surface area (Å²) in [5, 5.41) is 0. The molecule has 0 aliphatic heterocycles. The number of terminal acetylenes is 1. The molecule has 4 heteroatoms. The monoisotopic (exact) mass is 448 g/mol. The quantitative estimate of drug-likeness (QED) is 0.138. The molecular weight excluding hydrogens is 412 g/mol. The van der Waals surface area contributed by atoms with E-state index < -0.39 is 17.9 Å². The van der Waals surface area contributed by atoms with Gasteiger partial charge in [0.25, 0.3) is 0 Å². The minimum atomic E-state index is -0.875. The van der Waals surface area contributed by atoms with Crippen LogP contribution in [0.15, 0.2) is 48.5 Å². The number of rotatable bonds is 15. The van der Waals surface area contributed by atoms with Crippen LogP contribution >= 0.6 is 0 Å². The van der Waals surface area contributed by atoms with Gasteiger partial charge in [0.05, 0.1) is 12.2 Å². The van der Waals surface area contributed by atoms with Gasteiger partial charge in [0.15, 0.2) is 6.10 Å². The van der Waals surface area contributed by atoms with Crippen molar-refractivity contribution >= 4 is 11.8 Å². The molecule has 1 atom stereocenters. The van der Waals surface area contributed by atoms with Gasteiger partial charge >= 0.3 is 5.97 Å². The Balaban J connectivity index is 1.79. The first-order valence-corrected chi connectivity index (χ1v) is 12.1. The van der Waals surface area contributed by atoms with Crippen molar-refractivity contribution in [1.82, 2.24) is 0 Å². The van der Waals surface area contributed by atoms with Crippen molar-refractivity contribution in [2.75, 3.05) is 6.61 Å². The van der Waals surface area contributed by atoms with E-state index in [-0.39, 0.29) is 0 Å². The fraction of sp³-hybridized carbons (Fsp3) is 0.448. The molecule has 0 saturated carbocycles. The molecule has 2 aromatic rings. The molecule has 0 N–H and O–H groups in total. The number of carbonyl (C=O) groups excluding carboxylic acids is 2. The van der Waals surface area contributed by atoms with E-state index in [4.69, 9.17) is 15.9 Å². The third-order valence-corrected chi connectivity index (χ3v) is 5.57. The number of ketones is 1. The van der Waals surface area contributed by atoms with E-state index >= 15 is 0 Å². The van der Waals surface area contributed by atoms with Crippen molar-refractivity contribution in [3.63, 3.8) is 0 Å². The van der Waals surface area contributed by atoms with Gasteiger partial charge in [-0.2, -0.15) is 0 Å². The van der Waals surface area contributed by atoms with Gasteiger partial charge in [-0.3, -0.25) is 4.79 Å². The molecule has 0 aromatic heterocycles. The number of unbranched alkanes of at least 4 members (excludes halogenated alkanes) is 4. The summed E-state index contributed by atoms with van der Waals surface area (Å²) in [7, 11) is 0. The van der Waals surface area contributed by atoms with E-state index in [2.05, 4.69) is 19.1 Å². The number of carbonyl (C=O) groups is 2. The van der Waals surface area contributed by atoms with Crippen LogP contribution in [0.25, 0.3) is 0 Å². The van der Waals surface area contributed by atoms with Crippen LogP contribution < -0.4 is 4.74 Å². The number of Topliss-reactive ketones (excluding diaryl/α,β-unsaturated/α-hetero) is 1. The Bertz CT molecular complexity index is 891. The molecule has 33 heavy (non-hydrogen) atoms. The van der Waals surface area contributed by atoms with Crippen molar-refractivity contribution < 1.29 is 19.1 Å². The Kier molecular flexibility index (Phi) is 11.8. The molecule has 0 aliphatic carbocycles. The van der Waals surface area contributed by atoms with Gasteiger partial charge < -0.3 is 9.47 Å². The average molecular weight is 449 g/mol. The highest BCUT2D eigenvalue weighted by atomic mass is 16.5. The average Bonchev–Trinajstić information content (AvgIpc) is 2.85. The highest BCUT2D eigenvalue weighted by Gasteiger charge is 2.21. The summed E-state index contributed by atoms with van der Waals surface area (Å²) in [6, 6.07) is 15.6. The molecule has 0 fully saturated rings. The topological polar surface area (TPSA) is 52.6 Å². The van der Waals surface area contributed by atoms with Crippen molar-refractivity contribution in [2.24, 2.45) is 0 Å². The van der Waals surface area contributed by atoms with Crippen LogP contribution in [-0.4, -0.2) is 24.5 Å². The zero-order valence-corrected chi connectivity index (χ0v) is 20.0. The largest absolute Gasteiger partial charge is 0.494 e. The number of esters is 1. The first-order chi connectivity index (χ1) is 16.1. The molecule has 1 unspecified atom stereocenters. The highest BCUT2D eigenvalue weighted by Crippen LogP contribution is 2.16. The number of hydrogen-bond donors (Lipinski definition) is 0. The van der Waals surface area contributed by atoms with Gasteiger partial charge in [0.1, 0.15) is 5.75 Å². The third-order valence-electron chi connectivity index (χ3n) is 5.57. The molecule has 0 radical (unpaired) electrons. The van der Waals surface area contributed by atoms with E-state index in [1.807, 2.05) is 37.1 Å². The molecule has 0 spiro atoms. The van der Waals surface area contributed by atoms with Gasteiger partial charge in [0, 0.05) is 0 Å². The highest BCUT2D eigenvalue weighted by molar-refractivity contribution is 6.00. The first-order valence-electron chi connectivity index (χ1n) is 12.1. The summed E-state index contributed by atoms with van der Waals surface area (Å²) in [5.41, 5.74) is 2.79. The zero-order valence-electron chi connectivity index (χ0n) is 20.0. The lowest BCUT2D eigenvalue weighted by molar-refractivity contribution is -0.122. The molecule has 0 aliphatic rings. The minimum absolute atomic E-state index is 0.417. The molecule has 0 heterocycles. The van der Waals surface area contributed by atoms with Crippen LogP contribution in [0.4, 0.5) is 0 Å². The molecule has 2 aromatic carbocycles. The molecule has 2 rings (SSSR count). The number of benzene rings is 2. The van der Waals surface area contributed by atoms with Crippen LogP contribution in [-0.2, 0) is 22.4 Å². The van der Waals surface area contributed by atoms with Gasteiger partial charge in [-0.25, -0.2) is 4.79 Å². The Labute approximate surface area is 198 Å². The summed E-state index contributed by atoms with van der Waals surface area (Å²) < 4.78 is 11.1. The van der Waals surface area contributed by atoms with Crippen molar-refractivity contribution in [3.05, 3.63) is 65.2 Å². The molecular formula is C29H36O4. The van der Waals surface area contributed by atoms with E-state index in [0.29, 0.717) is 18.4 Å². The molecule has 0 saturated heterocycles. The summed E-state index contributed by atoms with van der Waals surface area (Å²) in [5.74, 6) is 1.95. The molecule has 0 amide bonds. The second kappa shape index (κ2) is 14.9. The maximum atomic E-state index is 12.4. The zero-order chi connectivity index (χ0) is 23.9. The van der Waals surface area contributed by atoms with Crippen molar-refractivity contribution in [3.8, 4) is 18.1 Å². The van der Waals surface area contributed by atoms with E-state index in [1.54, 1.807) is 12.1 Å². The maximum absolute atomic E-state index is 12.4. The lowest BCUT2D eigenvalue weighted by atomic mass is 10.0. The summed E-state index contributed by atoms with van der Waals surface area (Å²) >= 11 is 0. The third kappa shape index (κ3) is 9.53. The number of aryl methyl sites for hydroxylation is 2. The van der Waals surface area contributed by atoms with E-state index in [1.165, 1.54) is 31.2 Å². The van der Waals surface area contributed by atoms with Crippen LogP contribution in [0.1, 0.15) is 80.3 Å². The summed E-state index contributed by atoms with van der Waals surface area (Å²) in [6.45, 7) is 4.91. The van der Waals surface area contributed by atoms with E-state index in [0.717, 1.165) is 37.2 Å². The predicted molar refractivity (Wildman–Crippen MR) is 132 cm³/mol. The molecule has 4 nitrogen and oxygen atoms in total. The normalized spacial score (nSPS) is 11.4. The lowest BCUT2D eigenvalue weighted by Gasteiger charge is -2.13. The Morgan fingerprint density at radius 2 is 1.45 bits per heavy atom.